The number of methoxy groups -OCH3 is 1. The van der Waals surface area contributed by atoms with Crippen LogP contribution < -0.4 is 16.2 Å². The van der Waals surface area contributed by atoms with Gasteiger partial charge in [0.1, 0.15) is 5.69 Å². The zero-order valence-corrected chi connectivity index (χ0v) is 9.90. The number of aromatic amines is 1. The predicted molar refractivity (Wildman–Crippen MR) is 63.8 cm³/mol. The molecule has 0 atom stereocenters. The molecule has 0 aliphatic carbocycles. The number of nitrogens with zero attached hydrogens (tertiary/aromatic N) is 2. The SMILES string of the molecule is CCN(CCC(=O)OC)c1nc[nH]c(=O)c1N. The molecule has 7 nitrogen and oxygen atoms in total. The Balaban J connectivity index is 2.83. The minimum atomic E-state index is -0.383. The van der Waals surface area contributed by atoms with E-state index in [2.05, 4.69) is 14.7 Å². The fourth-order valence-corrected chi connectivity index (χ4v) is 1.39. The Bertz CT molecular complexity index is 443. The Morgan fingerprint density at radius 1 is 1.65 bits per heavy atom. The summed E-state index contributed by atoms with van der Waals surface area (Å²) < 4.78 is 4.55. The van der Waals surface area contributed by atoms with Crippen LogP contribution in [0.3, 0.4) is 0 Å². The van der Waals surface area contributed by atoms with E-state index in [1.807, 2.05) is 6.92 Å². The first-order valence-electron chi connectivity index (χ1n) is 5.25. The van der Waals surface area contributed by atoms with Gasteiger partial charge >= 0.3 is 5.97 Å². The van der Waals surface area contributed by atoms with Gasteiger partial charge < -0.3 is 20.4 Å². The molecule has 0 fully saturated rings. The Morgan fingerprint density at radius 2 is 2.35 bits per heavy atom. The van der Waals surface area contributed by atoms with Gasteiger partial charge in [-0.2, -0.15) is 0 Å². The number of anilines is 2. The highest BCUT2D eigenvalue weighted by Gasteiger charge is 2.13. The second kappa shape index (κ2) is 5.88. The minimum Gasteiger partial charge on any atom is -0.469 e. The Kier molecular flexibility index (Phi) is 4.50. The van der Waals surface area contributed by atoms with E-state index in [4.69, 9.17) is 5.73 Å². The van der Waals surface area contributed by atoms with Crippen molar-refractivity contribution in [1.82, 2.24) is 9.97 Å². The summed E-state index contributed by atoms with van der Waals surface area (Å²) in [4.78, 5) is 30.5. The number of rotatable bonds is 5. The van der Waals surface area contributed by atoms with Crippen molar-refractivity contribution in [1.29, 1.82) is 0 Å². The maximum absolute atomic E-state index is 11.3. The summed E-state index contributed by atoms with van der Waals surface area (Å²) >= 11 is 0. The van der Waals surface area contributed by atoms with Gasteiger partial charge in [0.05, 0.1) is 19.9 Å². The van der Waals surface area contributed by atoms with Crippen LogP contribution in [0, 0.1) is 0 Å². The molecule has 1 aromatic rings. The van der Waals surface area contributed by atoms with Crippen LogP contribution in [0.5, 0.6) is 0 Å². The second-order valence-corrected chi connectivity index (χ2v) is 3.37. The molecule has 0 spiro atoms. The van der Waals surface area contributed by atoms with Crippen molar-refractivity contribution in [2.45, 2.75) is 13.3 Å². The first-order valence-corrected chi connectivity index (χ1v) is 5.25. The number of esters is 1. The molecule has 0 amide bonds. The lowest BCUT2D eigenvalue weighted by atomic mass is 10.3. The first kappa shape index (κ1) is 13.0. The largest absolute Gasteiger partial charge is 0.469 e. The average Bonchev–Trinajstić information content (AvgIpc) is 2.34. The molecular formula is C10H16N4O3. The highest BCUT2D eigenvalue weighted by molar-refractivity contribution is 5.70. The van der Waals surface area contributed by atoms with E-state index in [1.165, 1.54) is 13.4 Å². The van der Waals surface area contributed by atoms with Gasteiger partial charge in [0.25, 0.3) is 5.56 Å². The van der Waals surface area contributed by atoms with Crippen molar-refractivity contribution in [3.63, 3.8) is 0 Å². The molecule has 0 saturated carbocycles. The fraction of sp³-hybridized carbons (Fsp3) is 0.500. The second-order valence-electron chi connectivity index (χ2n) is 3.37. The molecule has 94 valence electrons. The number of carbonyl (C=O) groups is 1. The van der Waals surface area contributed by atoms with Gasteiger partial charge in [-0.25, -0.2) is 4.98 Å². The smallest absolute Gasteiger partial charge is 0.307 e. The molecule has 0 aliphatic heterocycles. The number of carbonyl (C=O) groups excluding carboxylic acids is 1. The lowest BCUT2D eigenvalue weighted by Crippen LogP contribution is -2.30. The van der Waals surface area contributed by atoms with Crippen LogP contribution in [0.2, 0.25) is 0 Å². The van der Waals surface area contributed by atoms with Crippen LogP contribution in [0.25, 0.3) is 0 Å². The molecule has 1 rings (SSSR count). The monoisotopic (exact) mass is 240 g/mol. The van der Waals surface area contributed by atoms with E-state index in [1.54, 1.807) is 4.90 Å². The van der Waals surface area contributed by atoms with Gasteiger partial charge in [0.15, 0.2) is 5.82 Å². The molecule has 0 saturated heterocycles. The van der Waals surface area contributed by atoms with E-state index in [0.717, 1.165) is 0 Å². The number of nitrogen functional groups attached to an aromatic ring is 1. The topological polar surface area (TPSA) is 101 Å². The van der Waals surface area contributed by atoms with Crippen molar-refractivity contribution in [2.75, 3.05) is 30.8 Å². The summed E-state index contributed by atoms with van der Waals surface area (Å²) in [5.74, 6) is 0.0759. The first-order chi connectivity index (χ1) is 8.10. The summed E-state index contributed by atoms with van der Waals surface area (Å²) in [5, 5.41) is 0. The maximum atomic E-state index is 11.3. The zero-order valence-electron chi connectivity index (χ0n) is 9.90. The summed E-state index contributed by atoms with van der Waals surface area (Å²) in [6.07, 6.45) is 1.51. The molecule has 1 aromatic heterocycles. The third-order valence-electron chi connectivity index (χ3n) is 2.36. The van der Waals surface area contributed by atoms with Gasteiger partial charge in [-0.15, -0.1) is 0 Å². The molecule has 1 heterocycles. The quantitative estimate of drug-likeness (QED) is 0.688. The fourth-order valence-electron chi connectivity index (χ4n) is 1.39. The lowest BCUT2D eigenvalue weighted by Gasteiger charge is -2.21. The average molecular weight is 240 g/mol. The van der Waals surface area contributed by atoms with Gasteiger partial charge in [0, 0.05) is 13.1 Å². The van der Waals surface area contributed by atoms with Crippen molar-refractivity contribution in [3.8, 4) is 0 Å². The number of aromatic nitrogens is 2. The summed E-state index contributed by atoms with van der Waals surface area (Å²) in [6, 6.07) is 0. The number of ether oxygens (including phenoxy) is 1. The highest BCUT2D eigenvalue weighted by Crippen LogP contribution is 2.14. The number of hydrogen-bond donors (Lipinski definition) is 2. The normalized spacial score (nSPS) is 10.0. The highest BCUT2D eigenvalue weighted by atomic mass is 16.5. The summed E-state index contributed by atoms with van der Waals surface area (Å²) in [5.41, 5.74) is 5.31. The van der Waals surface area contributed by atoms with Gasteiger partial charge in [-0.3, -0.25) is 9.59 Å². The molecular weight excluding hydrogens is 224 g/mol. The Morgan fingerprint density at radius 3 is 2.94 bits per heavy atom. The number of hydrogen-bond acceptors (Lipinski definition) is 6. The minimum absolute atomic E-state index is 0.0548. The summed E-state index contributed by atoms with van der Waals surface area (Å²) in [6.45, 7) is 2.89. The molecule has 0 aliphatic rings. The number of nitrogens with one attached hydrogen (secondary N) is 1. The molecule has 0 aromatic carbocycles. The van der Waals surface area contributed by atoms with Gasteiger partial charge in [-0.05, 0) is 6.92 Å². The van der Waals surface area contributed by atoms with E-state index in [-0.39, 0.29) is 23.6 Å². The van der Waals surface area contributed by atoms with E-state index < -0.39 is 0 Å². The summed E-state index contributed by atoms with van der Waals surface area (Å²) in [7, 11) is 1.33. The van der Waals surface area contributed by atoms with Crippen LogP contribution in [0.1, 0.15) is 13.3 Å². The van der Waals surface area contributed by atoms with Crippen LogP contribution in [0.4, 0.5) is 11.5 Å². The molecule has 7 heteroatoms. The van der Waals surface area contributed by atoms with Crippen molar-refractivity contribution >= 4 is 17.5 Å². The third-order valence-corrected chi connectivity index (χ3v) is 2.36. The van der Waals surface area contributed by atoms with E-state index in [9.17, 15) is 9.59 Å². The van der Waals surface area contributed by atoms with E-state index >= 15 is 0 Å². The standard InChI is InChI=1S/C10H16N4O3/c1-3-14(5-4-7(15)17-2)9-8(11)10(16)13-6-12-9/h6H,3-5,11H2,1-2H3,(H,12,13,16). The molecule has 0 radical (unpaired) electrons. The van der Waals surface area contributed by atoms with E-state index in [0.29, 0.717) is 18.9 Å². The molecule has 0 unspecified atom stereocenters. The van der Waals surface area contributed by atoms with Gasteiger partial charge in [0.2, 0.25) is 0 Å². The zero-order chi connectivity index (χ0) is 12.8. The maximum Gasteiger partial charge on any atom is 0.307 e. The molecule has 17 heavy (non-hydrogen) atoms. The lowest BCUT2D eigenvalue weighted by molar-refractivity contribution is -0.140. The molecule has 3 N–H and O–H groups in total. The van der Waals surface area contributed by atoms with Crippen LogP contribution in [0.15, 0.2) is 11.1 Å². The van der Waals surface area contributed by atoms with Crippen LogP contribution in [-0.2, 0) is 9.53 Å². The molecule has 0 bridgehead atoms. The number of H-pyrrole nitrogens is 1. The Labute approximate surface area is 98.6 Å². The van der Waals surface area contributed by atoms with Crippen LogP contribution >= 0.6 is 0 Å². The number of nitrogens with two attached hydrogens (primary N) is 1. The van der Waals surface area contributed by atoms with Crippen molar-refractivity contribution in [2.24, 2.45) is 0 Å². The predicted octanol–water partition coefficient (Wildman–Crippen LogP) is -0.258. The Hall–Kier alpha value is -2.05. The van der Waals surface area contributed by atoms with Crippen molar-refractivity contribution < 1.29 is 9.53 Å². The third kappa shape index (κ3) is 3.20. The van der Waals surface area contributed by atoms with Gasteiger partial charge in [-0.1, -0.05) is 0 Å². The van der Waals surface area contributed by atoms with Crippen LogP contribution in [-0.4, -0.2) is 36.1 Å². The van der Waals surface area contributed by atoms with Crippen molar-refractivity contribution in [3.05, 3.63) is 16.7 Å².